The van der Waals surface area contributed by atoms with E-state index < -0.39 is 6.10 Å². The van der Waals surface area contributed by atoms with E-state index >= 15 is 0 Å². The average molecular weight is 330 g/mol. The summed E-state index contributed by atoms with van der Waals surface area (Å²) >= 11 is 0. The van der Waals surface area contributed by atoms with Crippen molar-refractivity contribution in [2.45, 2.75) is 51.6 Å². The molecule has 5 nitrogen and oxygen atoms in total. The number of aryl methyl sites for hydroxylation is 2. The van der Waals surface area contributed by atoms with Gasteiger partial charge in [0.1, 0.15) is 5.75 Å². The van der Waals surface area contributed by atoms with Crippen LogP contribution in [0.2, 0.25) is 0 Å². The number of rotatable bonds is 4. The van der Waals surface area contributed by atoms with Crippen molar-refractivity contribution >= 4 is 11.8 Å². The molecule has 1 saturated heterocycles. The lowest BCUT2D eigenvalue weighted by Crippen LogP contribution is -2.43. The number of carbonyl (C=O) groups is 2. The van der Waals surface area contributed by atoms with Gasteiger partial charge in [-0.25, -0.2) is 0 Å². The molecule has 2 amide bonds. The molecule has 3 rings (SSSR count). The van der Waals surface area contributed by atoms with Crippen LogP contribution in [0.3, 0.4) is 0 Å². The molecule has 130 valence electrons. The van der Waals surface area contributed by atoms with E-state index in [4.69, 9.17) is 4.74 Å². The van der Waals surface area contributed by atoms with Gasteiger partial charge in [0.05, 0.1) is 0 Å². The van der Waals surface area contributed by atoms with Gasteiger partial charge in [-0.2, -0.15) is 0 Å². The monoisotopic (exact) mass is 330 g/mol. The first-order valence-corrected chi connectivity index (χ1v) is 9.01. The molecule has 1 aliphatic carbocycles. The van der Waals surface area contributed by atoms with E-state index in [-0.39, 0.29) is 11.8 Å². The minimum Gasteiger partial charge on any atom is -0.481 e. The number of ether oxygens (including phenoxy) is 1. The maximum absolute atomic E-state index is 12.7. The zero-order valence-corrected chi connectivity index (χ0v) is 14.3. The van der Waals surface area contributed by atoms with Crippen molar-refractivity contribution in [1.82, 2.24) is 10.2 Å². The van der Waals surface area contributed by atoms with Crippen LogP contribution < -0.4 is 10.1 Å². The van der Waals surface area contributed by atoms with Gasteiger partial charge in [-0.3, -0.25) is 9.59 Å². The van der Waals surface area contributed by atoms with Gasteiger partial charge in [-0.05, 0) is 55.4 Å². The van der Waals surface area contributed by atoms with Gasteiger partial charge in [-0.1, -0.05) is 13.0 Å². The smallest absolute Gasteiger partial charge is 0.263 e. The summed E-state index contributed by atoms with van der Waals surface area (Å²) in [6.45, 7) is 3.49. The van der Waals surface area contributed by atoms with Crippen molar-refractivity contribution in [3.63, 3.8) is 0 Å². The lowest BCUT2D eigenvalue weighted by Gasteiger charge is -2.26. The maximum atomic E-state index is 12.7. The predicted molar refractivity (Wildman–Crippen MR) is 92.0 cm³/mol. The topological polar surface area (TPSA) is 58.6 Å². The maximum Gasteiger partial charge on any atom is 0.263 e. The Kier molecular flexibility index (Phi) is 5.38. The average Bonchev–Trinajstić information content (AvgIpc) is 2.83. The van der Waals surface area contributed by atoms with Crippen LogP contribution in [0, 0.1) is 0 Å². The van der Waals surface area contributed by atoms with E-state index in [1.165, 1.54) is 24.0 Å². The Morgan fingerprint density at radius 2 is 2.00 bits per heavy atom. The van der Waals surface area contributed by atoms with Gasteiger partial charge < -0.3 is 15.0 Å². The van der Waals surface area contributed by atoms with Gasteiger partial charge in [-0.15, -0.1) is 0 Å². The number of fused-ring (bicyclic) bond motifs is 1. The van der Waals surface area contributed by atoms with E-state index in [0.717, 1.165) is 18.6 Å². The Labute approximate surface area is 143 Å². The highest BCUT2D eigenvalue weighted by atomic mass is 16.5. The normalized spacial score (nSPS) is 19.0. The van der Waals surface area contributed by atoms with Crippen LogP contribution in [-0.4, -0.2) is 42.5 Å². The summed E-state index contributed by atoms with van der Waals surface area (Å²) in [5.41, 5.74) is 2.76. The highest BCUT2D eigenvalue weighted by Crippen LogP contribution is 2.26. The molecule has 5 heteroatoms. The molecule has 0 saturated carbocycles. The Morgan fingerprint density at radius 3 is 2.79 bits per heavy atom. The molecule has 0 unspecified atom stereocenters. The summed E-state index contributed by atoms with van der Waals surface area (Å²) in [6.07, 6.45) is 5.21. The molecule has 1 fully saturated rings. The number of hydrogen-bond donors (Lipinski definition) is 1. The largest absolute Gasteiger partial charge is 0.481 e. The first-order chi connectivity index (χ1) is 11.7. The molecule has 1 aromatic rings. The summed E-state index contributed by atoms with van der Waals surface area (Å²) in [5.74, 6) is 0.764. The molecule has 0 radical (unpaired) electrons. The van der Waals surface area contributed by atoms with Gasteiger partial charge >= 0.3 is 0 Å². The van der Waals surface area contributed by atoms with Crippen LogP contribution in [0.25, 0.3) is 0 Å². The zero-order chi connectivity index (χ0) is 16.9. The number of nitrogens with one attached hydrogen (secondary N) is 1. The third-order valence-corrected chi connectivity index (χ3v) is 4.87. The van der Waals surface area contributed by atoms with E-state index in [1.54, 1.807) is 4.90 Å². The van der Waals surface area contributed by atoms with E-state index in [0.29, 0.717) is 32.5 Å². The highest BCUT2D eigenvalue weighted by Gasteiger charge is 2.26. The molecule has 1 N–H and O–H groups in total. The van der Waals surface area contributed by atoms with Crippen molar-refractivity contribution in [2.75, 3.05) is 19.6 Å². The summed E-state index contributed by atoms with van der Waals surface area (Å²) in [4.78, 5) is 25.9. The second-order valence-corrected chi connectivity index (χ2v) is 6.58. The van der Waals surface area contributed by atoms with E-state index in [9.17, 15) is 9.59 Å². The predicted octanol–water partition coefficient (Wildman–Crippen LogP) is 2.07. The van der Waals surface area contributed by atoms with Crippen LogP contribution in [0.1, 0.15) is 43.7 Å². The molecule has 0 spiro atoms. The quantitative estimate of drug-likeness (QED) is 0.919. The fraction of sp³-hybridized carbons (Fsp3) is 0.579. The SMILES string of the molecule is CC[C@H](Oc1ccc2c(c1)CCCC2)C(=O)N1CCNC(=O)CC1. The fourth-order valence-corrected chi connectivity index (χ4v) is 3.45. The fourth-order valence-electron chi connectivity index (χ4n) is 3.45. The van der Waals surface area contributed by atoms with Crippen LogP contribution in [0.4, 0.5) is 0 Å². The molecular weight excluding hydrogens is 304 g/mol. The van der Waals surface area contributed by atoms with Crippen LogP contribution in [0.15, 0.2) is 18.2 Å². The van der Waals surface area contributed by atoms with Gasteiger partial charge in [0.15, 0.2) is 6.10 Å². The van der Waals surface area contributed by atoms with Crippen molar-refractivity contribution in [3.8, 4) is 5.75 Å². The first kappa shape index (κ1) is 16.8. The van der Waals surface area contributed by atoms with Crippen molar-refractivity contribution in [2.24, 2.45) is 0 Å². The molecular formula is C19H26N2O3. The summed E-state index contributed by atoms with van der Waals surface area (Å²) in [7, 11) is 0. The lowest BCUT2D eigenvalue weighted by atomic mass is 9.92. The Morgan fingerprint density at radius 1 is 1.21 bits per heavy atom. The Bertz CT molecular complexity index is 615. The zero-order valence-electron chi connectivity index (χ0n) is 14.3. The van der Waals surface area contributed by atoms with Crippen molar-refractivity contribution in [1.29, 1.82) is 0 Å². The van der Waals surface area contributed by atoms with Crippen molar-refractivity contribution in [3.05, 3.63) is 29.3 Å². The van der Waals surface area contributed by atoms with Crippen LogP contribution >= 0.6 is 0 Å². The molecule has 1 aromatic carbocycles. The number of benzene rings is 1. The number of amides is 2. The van der Waals surface area contributed by atoms with Crippen LogP contribution in [0.5, 0.6) is 5.75 Å². The standard InChI is InChI=1S/C19H26N2O3/c1-2-17(19(23)21-11-9-18(22)20-10-12-21)24-16-8-7-14-5-3-4-6-15(14)13-16/h7-8,13,17H,2-6,9-12H2,1H3,(H,20,22)/t17-/m0/s1. The third kappa shape index (κ3) is 3.89. The minimum atomic E-state index is -0.486. The number of carbonyl (C=O) groups excluding carboxylic acids is 2. The first-order valence-electron chi connectivity index (χ1n) is 9.01. The highest BCUT2D eigenvalue weighted by molar-refractivity contribution is 5.83. The molecule has 1 aliphatic heterocycles. The molecule has 1 heterocycles. The number of nitrogens with zero attached hydrogens (tertiary/aromatic N) is 1. The van der Waals surface area contributed by atoms with Gasteiger partial charge in [0.25, 0.3) is 5.91 Å². The molecule has 0 bridgehead atoms. The second kappa shape index (κ2) is 7.69. The summed E-state index contributed by atoms with van der Waals surface area (Å²) in [5, 5.41) is 2.80. The summed E-state index contributed by atoms with van der Waals surface area (Å²) in [6, 6.07) is 6.21. The van der Waals surface area contributed by atoms with Gasteiger partial charge in [0, 0.05) is 26.1 Å². The van der Waals surface area contributed by atoms with Gasteiger partial charge in [0.2, 0.25) is 5.91 Å². The molecule has 2 aliphatic rings. The molecule has 24 heavy (non-hydrogen) atoms. The Hall–Kier alpha value is -2.04. The third-order valence-electron chi connectivity index (χ3n) is 4.87. The minimum absolute atomic E-state index is 0.00829. The van der Waals surface area contributed by atoms with E-state index in [1.807, 2.05) is 13.0 Å². The summed E-state index contributed by atoms with van der Waals surface area (Å²) < 4.78 is 6.02. The van der Waals surface area contributed by atoms with E-state index in [2.05, 4.69) is 17.4 Å². The Balaban J connectivity index is 1.67. The molecule has 0 aromatic heterocycles. The number of hydrogen-bond acceptors (Lipinski definition) is 3. The van der Waals surface area contributed by atoms with Crippen LogP contribution in [-0.2, 0) is 22.4 Å². The van der Waals surface area contributed by atoms with Crippen molar-refractivity contribution < 1.29 is 14.3 Å². The lowest BCUT2D eigenvalue weighted by molar-refractivity contribution is -0.138. The second-order valence-electron chi connectivity index (χ2n) is 6.58. The molecule has 1 atom stereocenters.